The highest BCUT2D eigenvalue weighted by Gasteiger charge is 2.44. The molecule has 8 N–H and O–H groups in total. The zero-order valence-corrected chi connectivity index (χ0v) is 48.3. The van der Waals surface area contributed by atoms with E-state index in [1.165, 1.54) is 167 Å². The third-order valence-electron chi connectivity index (χ3n) is 15.1. The SMILES string of the molecule is CCCCC/C=C\C/C=C\CCCCCCCCC(O)C(=O)NC(COC1OC(CO)C(O)C(O)C1O)C(O)C(O)CCC/C=C/CC/C=C/CCCCCCCCCCCCCCCCCCCCCCCCC. The van der Waals surface area contributed by atoms with Gasteiger partial charge in [0.05, 0.1) is 25.4 Å². The number of carbonyl (C=O) groups is 1. The van der Waals surface area contributed by atoms with Gasteiger partial charge in [-0.2, -0.15) is 0 Å². The number of hydrogen-bond acceptors (Lipinski definition) is 10. The first-order valence-corrected chi connectivity index (χ1v) is 31.5. The largest absolute Gasteiger partial charge is 0.394 e. The van der Waals surface area contributed by atoms with Crippen molar-refractivity contribution in [3.63, 3.8) is 0 Å². The predicted molar refractivity (Wildman–Crippen MR) is 311 cm³/mol. The third-order valence-corrected chi connectivity index (χ3v) is 15.1. The van der Waals surface area contributed by atoms with E-state index in [0.717, 1.165) is 70.6 Å². The molecule has 1 rings (SSSR count). The van der Waals surface area contributed by atoms with Crippen LogP contribution in [-0.4, -0.2) is 110 Å². The molecule has 1 aliphatic rings. The maximum atomic E-state index is 13.2. The molecule has 0 bridgehead atoms. The molecule has 440 valence electrons. The lowest BCUT2D eigenvalue weighted by molar-refractivity contribution is -0.303. The summed E-state index contributed by atoms with van der Waals surface area (Å²) in [6.07, 6.45) is 56.2. The summed E-state index contributed by atoms with van der Waals surface area (Å²) in [5.74, 6) is -0.718. The molecule has 11 heteroatoms. The van der Waals surface area contributed by atoms with Gasteiger partial charge >= 0.3 is 0 Å². The van der Waals surface area contributed by atoms with Crippen LogP contribution in [-0.2, 0) is 14.3 Å². The number of ether oxygens (including phenoxy) is 2. The fourth-order valence-corrected chi connectivity index (χ4v) is 9.96. The molecule has 1 heterocycles. The van der Waals surface area contributed by atoms with Crippen LogP contribution in [0.5, 0.6) is 0 Å². The Kier molecular flexibility index (Phi) is 50.0. The Hall–Kier alpha value is -1.93. The Labute approximate surface area is 459 Å². The van der Waals surface area contributed by atoms with Gasteiger partial charge in [0.25, 0.3) is 0 Å². The standard InChI is InChI=1S/C64H119NO10/c1-3-5-7-9-11-13-15-17-19-21-22-23-24-25-26-27-28-29-30-31-32-33-34-35-36-38-39-41-43-45-47-49-51-56(67)59(69)55(54-74-64-62(72)61(71)60(70)58(53-66)75-64)65-63(73)57(68)52-50-48-46-44-42-40-37-20-18-16-14-12-10-8-6-4-2/h12,14,18,20,36,38,43,45,55-62,64,66-72H,3-11,13,15-17,19,21-35,37,39-42,44,46-54H2,1-2H3,(H,65,73)/b14-12-,20-18-,38-36+,45-43+. The number of allylic oxidation sites excluding steroid dienone is 8. The van der Waals surface area contributed by atoms with Crippen molar-refractivity contribution in [2.24, 2.45) is 0 Å². The lowest BCUT2D eigenvalue weighted by Gasteiger charge is -2.40. The van der Waals surface area contributed by atoms with E-state index in [9.17, 15) is 40.5 Å². The third kappa shape index (κ3) is 40.9. The Morgan fingerprint density at radius 2 is 0.840 bits per heavy atom. The number of hydrogen-bond donors (Lipinski definition) is 8. The molecule has 1 aliphatic heterocycles. The van der Waals surface area contributed by atoms with Gasteiger partial charge in [0.15, 0.2) is 6.29 Å². The highest BCUT2D eigenvalue weighted by Crippen LogP contribution is 2.23. The Morgan fingerprint density at radius 1 is 0.467 bits per heavy atom. The minimum Gasteiger partial charge on any atom is -0.394 e. The van der Waals surface area contributed by atoms with Crippen molar-refractivity contribution in [1.82, 2.24) is 5.32 Å². The molecule has 0 aromatic rings. The highest BCUT2D eigenvalue weighted by atomic mass is 16.7. The second-order valence-electron chi connectivity index (χ2n) is 22.1. The average Bonchev–Trinajstić information content (AvgIpc) is 3.41. The predicted octanol–water partition coefficient (Wildman–Crippen LogP) is 14.0. The molecular formula is C64H119NO10. The minimum absolute atomic E-state index is 0.237. The van der Waals surface area contributed by atoms with Gasteiger partial charge in [0.2, 0.25) is 5.91 Å². The second kappa shape index (κ2) is 52.8. The number of unbranched alkanes of at least 4 members (excludes halogenated alkanes) is 34. The smallest absolute Gasteiger partial charge is 0.249 e. The fraction of sp³-hybridized carbons (Fsp3) is 0.859. The zero-order chi connectivity index (χ0) is 54.7. The second-order valence-corrected chi connectivity index (χ2v) is 22.1. The molecule has 1 fully saturated rings. The number of aliphatic hydroxyl groups is 7. The molecule has 0 radical (unpaired) electrons. The van der Waals surface area contributed by atoms with E-state index < -0.39 is 74.2 Å². The molecule has 9 unspecified atom stereocenters. The first-order valence-electron chi connectivity index (χ1n) is 31.5. The quantitative estimate of drug-likeness (QED) is 0.0215. The van der Waals surface area contributed by atoms with E-state index in [-0.39, 0.29) is 12.8 Å². The maximum absolute atomic E-state index is 13.2. The van der Waals surface area contributed by atoms with Crippen molar-refractivity contribution in [2.45, 2.75) is 339 Å². The Balaban J connectivity index is 2.25. The van der Waals surface area contributed by atoms with Crippen molar-refractivity contribution in [1.29, 1.82) is 0 Å². The summed E-state index contributed by atoms with van der Waals surface area (Å²) in [6.45, 7) is 3.42. The molecule has 9 atom stereocenters. The normalized spacial score (nSPS) is 20.0. The van der Waals surface area contributed by atoms with Crippen LogP contribution in [0.1, 0.15) is 284 Å². The summed E-state index contributed by atoms with van der Waals surface area (Å²) < 4.78 is 11.1. The molecule has 0 spiro atoms. The van der Waals surface area contributed by atoms with Gasteiger partial charge in [-0.3, -0.25) is 4.79 Å². The first-order chi connectivity index (χ1) is 36.7. The molecular weight excluding hydrogens is 943 g/mol. The van der Waals surface area contributed by atoms with Gasteiger partial charge in [-0.15, -0.1) is 0 Å². The Bertz CT molecular complexity index is 1360. The minimum atomic E-state index is -1.68. The average molecular weight is 1060 g/mol. The van der Waals surface area contributed by atoms with Crippen molar-refractivity contribution in [3.05, 3.63) is 48.6 Å². The lowest BCUT2D eigenvalue weighted by atomic mass is 9.98. The molecule has 1 amide bonds. The van der Waals surface area contributed by atoms with E-state index >= 15 is 0 Å². The van der Waals surface area contributed by atoms with Crippen LogP contribution in [0.15, 0.2) is 48.6 Å². The van der Waals surface area contributed by atoms with E-state index in [1.54, 1.807) is 0 Å². The Morgan fingerprint density at radius 3 is 1.29 bits per heavy atom. The van der Waals surface area contributed by atoms with Gasteiger partial charge in [-0.1, -0.05) is 249 Å². The van der Waals surface area contributed by atoms with Gasteiger partial charge in [0, 0.05) is 0 Å². The number of nitrogens with one attached hydrogen (secondary N) is 1. The van der Waals surface area contributed by atoms with Crippen LogP contribution in [0.25, 0.3) is 0 Å². The van der Waals surface area contributed by atoms with E-state index in [0.29, 0.717) is 19.3 Å². The molecule has 0 aromatic heterocycles. The number of rotatable bonds is 54. The number of aliphatic hydroxyl groups excluding tert-OH is 7. The molecule has 75 heavy (non-hydrogen) atoms. The van der Waals surface area contributed by atoms with Crippen LogP contribution >= 0.6 is 0 Å². The van der Waals surface area contributed by atoms with E-state index in [2.05, 4.69) is 67.8 Å². The van der Waals surface area contributed by atoms with Gasteiger partial charge in [-0.05, 0) is 83.5 Å². The van der Waals surface area contributed by atoms with Crippen LogP contribution in [0, 0.1) is 0 Å². The zero-order valence-electron chi connectivity index (χ0n) is 48.3. The van der Waals surface area contributed by atoms with Crippen LogP contribution in [0.4, 0.5) is 0 Å². The fourth-order valence-electron chi connectivity index (χ4n) is 9.96. The summed E-state index contributed by atoms with van der Waals surface area (Å²) in [5, 5.41) is 76.1. The summed E-state index contributed by atoms with van der Waals surface area (Å²) in [6, 6.07) is -1.20. The van der Waals surface area contributed by atoms with Crippen molar-refractivity contribution in [3.8, 4) is 0 Å². The lowest BCUT2D eigenvalue weighted by Crippen LogP contribution is -2.60. The van der Waals surface area contributed by atoms with E-state index in [1.807, 2.05) is 0 Å². The summed E-state index contributed by atoms with van der Waals surface area (Å²) >= 11 is 0. The topological polar surface area (TPSA) is 189 Å². The van der Waals surface area contributed by atoms with Gasteiger partial charge in [0.1, 0.15) is 36.6 Å². The monoisotopic (exact) mass is 1060 g/mol. The maximum Gasteiger partial charge on any atom is 0.249 e. The van der Waals surface area contributed by atoms with Crippen LogP contribution in [0.3, 0.4) is 0 Å². The first kappa shape index (κ1) is 71.1. The van der Waals surface area contributed by atoms with Crippen LogP contribution < -0.4 is 5.32 Å². The van der Waals surface area contributed by atoms with Crippen molar-refractivity contribution in [2.75, 3.05) is 13.2 Å². The molecule has 1 saturated heterocycles. The highest BCUT2D eigenvalue weighted by molar-refractivity contribution is 5.80. The number of carbonyl (C=O) groups excluding carboxylic acids is 1. The molecule has 0 saturated carbocycles. The van der Waals surface area contributed by atoms with Gasteiger partial charge < -0.3 is 50.5 Å². The summed E-state index contributed by atoms with van der Waals surface area (Å²) in [5.41, 5.74) is 0. The summed E-state index contributed by atoms with van der Waals surface area (Å²) in [4.78, 5) is 13.2. The van der Waals surface area contributed by atoms with Crippen molar-refractivity contribution < 1.29 is 50.0 Å². The summed E-state index contributed by atoms with van der Waals surface area (Å²) in [7, 11) is 0. The number of amides is 1. The molecule has 0 aromatic carbocycles. The molecule has 11 nitrogen and oxygen atoms in total. The van der Waals surface area contributed by atoms with E-state index in [4.69, 9.17) is 9.47 Å². The van der Waals surface area contributed by atoms with Crippen LogP contribution in [0.2, 0.25) is 0 Å². The van der Waals surface area contributed by atoms with Gasteiger partial charge in [-0.25, -0.2) is 0 Å². The van der Waals surface area contributed by atoms with Crippen molar-refractivity contribution >= 4 is 5.91 Å². The molecule has 0 aliphatic carbocycles.